The van der Waals surface area contributed by atoms with Gasteiger partial charge in [-0.1, -0.05) is 0 Å². The van der Waals surface area contributed by atoms with Crippen LogP contribution in [0.2, 0.25) is 0 Å². The third kappa shape index (κ3) is 3.24. The Morgan fingerprint density at radius 2 is 1.96 bits per heavy atom. The largest absolute Gasteiger partial charge is 0.479 e. The Kier molecular flexibility index (Phi) is 4.51. The molecule has 0 radical (unpaired) electrons. The van der Waals surface area contributed by atoms with E-state index >= 15 is 0 Å². The Labute approximate surface area is 143 Å². The molecule has 25 heavy (non-hydrogen) atoms. The standard InChI is InChI=1S/C15H19FN6O3/c1-9-11(16)12(23)18-15(17-9)22-6-4-21(5-7-22)14(24)10-8-20(2)19-13(10)25-3/h8,11H,4-7H2,1-3H3. The molecule has 0 spiro atoms. The second kappa shape index (κ2) is 6.61. The average molecular weight is 350 g/mol. The smallest absolute Gasteiger partial charge is 0.289 e. The van der Waals surface area contributed by atoms with Gasteiger partial charge in [-0.3, -0.25) is 14.3 Å². The first-order valence-electron chi connectivity index (χ1n) is 7.84. The molecule has 0 aliphatic carbocycles. The number of hydrogen-bond acceptors (Lipinski definition) is 6. The number of aromatic nitrogens is 2. The number of aryl methyl sites for hydroxylation is 1. The molecule has 0 bridgehead atoms. The molecule has 0 N–H and O–H groups in total. The number of alkyl halides is 1. The number of guanidine groups is 1. The van der Waals surface area contributed by atoms with E-state index in [0.717, 1.165) is 0 Å². The topological polar surface area (TPSA) is 92.4 Å². The van der Waals surface area contributed by atoms with Gasteiger partial charge in [-0.2, -0.15) is 4.99 Å². The van der Waals surface area contributed by atoms with Crippen molar-refractivity contribution in [2.45, 2.75) is 13.1 Å². The van der Waals surface area contributed by atoms with Gasteiger partial charge in [0, 0.05) is 39.4 Å². The first kappa shape index (κ1) is 17.1. The summed E-state index contributed by atoms with van der Waals surface area (Å²) >= 11 is 0. The summed E-state index contributed by atoms with van der Waals surface area (Å²) in [6, 6.07) is 0. The maximum Gasteiger partial charge on any atom is 0.289 e. The number of halogens is 1. The van der Waals surface area contributed by atoms with Crippen molar-refractivity contribution < 1.29 is 18.7 Å². The normalized spacial score (nSPS) is 21.1. The predicted octanol–water partition coefficient (Wildman–Crippen LogP) is -0.118. The number of hydrogen-bond donors (Lipinski definition) is 0. The number of rotatable bonds is 2. The molecule has 2 amide bonds. The Hall–Kier alpha value is -2.78. The highest BCUT2D eigenvalue weighted by Gasteiger charge is 2.31. The van der Waals surface area contributed by atoms with E-state index in [0.29, 0.717) is 31.7 Å². The van der Waals surface area contributed by atoms with Gasteiger partial charge in [-0.25, -0.2) is 9.38 Å². The van der Waals surface area contributed by atoms with Crippen LogP contribution >= 0.6 is 0 Å². The number of piperazine rings is 1. The summed E-state index contributed by atoms with van der Waals surface area (Å²) in [6.07, 6.45) is -0.142. The van der Waals surface area contributed by atoms with Crippen molar-refractivity contribution in [2.75, 3.05) is 33.3 Å². The zero-order valence-corrected chi connectivity index (χ0v) is 14.3. The van der Waals surface area contributed by atoms with E-state index in [1.54, 1.807) is 23.0 Å². The maximum absolute atomic E-state index is 13.5. The van der Waals surface area contributed by atoms with Crippen molar-refractivity contribution >= 4 is 23.5 Å². The molecular weight excluding hydrogens is 331 g/mol. The lowest BCUT2D eigenvalue weighted by Gasteiger charge is -2.35. The number of carbonyl (C=O) groups is 2. The van der Waals surface area contributed by atoms with Crippen LogP contribution in [0.15, 0.2) is 16.2 Å². The number of carbonyl (C=O) groups excluding carboxylic acids is 2. The fourth-order valence-corrected chi connectivity index (χ4v) is 2.76. The van der Waals surface area contributed by atoms with E-state index in [1.165, 1.54) is 18.7 Å². The summed E-state index contributed by atoms with van der Waals surface area (Å²) in [5, 5.41) is 4.08. The van der Waals surface area contributed by atoms with Gasteiger partial charge in [0.05, 0.1) is 12.8 Å². The molecular formula is C15H19FN6O3. The number of nitrogens with zero attached hydrogens (tertiary/aromatic N) is 6. The van der Waals surface area contributed by atoms with E-state index in [2.05, 4.69) is 15.1 Å². The van der Waals surface area contributed by atoms with Crippen molar-refractivity contribution in [3.63, 3.8) is 0 Å². The van der Waals surface area contributed by atoms with E-state index in [-0.39, 0.29) is 23.5 Å². The summed E-state index contributed by atoms with van der Waals surface area (Å²) < 4.78 is 20.1. The molecule has 3 heterocycles. The maximum atomic E-state index is 13.5. The van der Waals surface area contributed by atoms with Crippen LogP contribution in [0, 0.1) is 0 Å². The second-order valence-corrected chi connectivity index (χ2v) is 5.87. The number of ether oxygens (including phenoxy) is 1. The van der Waals surface area contributed by atoms with E-state index in [1.807, 2.05) is 0 Å². The van der Waals surface area contributed by atoms with Gasteiger partial charge in [0.2, 0.25) is 18.0 Å². The summed E-state index contributed by atoms with van der Waals surface area (Å²) in [7, 11) is 3.18. The zero-order chi connectivity index (χ0) is 18.1. The van der Waals surface area contributed by atoms with Gasteiger partial charge in [-0.15, -0.1) is 5.10 Å². The Morgan fingerprint density at radius 3 is 2.56 bits per heavy atom. The van der Waals surface area contributed by atoms with Crippen LogP contribution in [0.4, 0.5) is 4.39 Å². The molecule has 1 unspecified atom stereocenters. The Morgan fingerprint density at radius 1 is 1.28 bits per heavy atom. The minimum absolute atomic E-state index is 0.105. The highest BCUT2D eigenvalue weighted by molar-refractivity contribution is 6.16. The first-order valence-corrected chi connectivity index (χ1v) is 7.84. The third-order valence-electron chi connectivity index (χ3n) is 4.14. The lowest BCUT2D eigenvalue weighted by molar-refractivity contribution is -0.120. The minimum Gasteiger partial charge on any atom is -0.479 e. The monoisotopic (exact) mass is 350 g/mol. The molecule has 3 rings (SSSR count). The van der Waals surface area contributed by atoms with Gasteiger partial charge >= 0.3 is 0 Å². The summed E-state index contributed by atoms with van der Waals surface area (Å²) in [5.41, 5.74) is 0.506. The molecule has 0 saturated carbocycles. The summed E-state index contributed by atoms with van der Waals surface area (Å²) in [4.78, 5) is 35.4. The van der Waals surface area contributed by atoms with Crippen molar-refractivity contribution in [1.82, 2.24) is 19.6 Å². The molecule has 1 aromatic heterocycles. The van der Waals surface area contributed by atoms with Gasteiger partial charge in [0.15, 0.2) is 0 Å². The van der Waals surface area contributed by atoms with E-state index in [9.17, 15) is 14.0 Å². The van der Waals surface area contributed by atoms with Gasteiger partial charge in [-0.05, 0) is 6.92 Å². The SMILES string of the molecule is COc1nn(C)cc1C(=O)N1CCN(C2=NC(=O)C(F)C(C)=N2)CC1. The molecule has 2 aliphatic heterocycles. The molecule has 1 atom stereocenters. The Bertz CT molecular complexity index is 763. The van der Waals surface area contributed by atoms with Gasteiger partial charge in [0.25, 0.3) is 11.8 Å². The molecule has 1 saturated heterocycles. The second-order valence-electron chi connectivity index (χ2n) is 5.87. The fraction of sp³-hybridized carbons (Fsp3) is 0.533. The minimum atomic E-state index is -1.76. The van der Waals surface area contributed by atoms with Crippen molar-refractivity contribution in [2.24, 2.45) is 17.0 Å². The van der Waals surface area contributed by atoms with Crippen molar-refractivity contribution in [3.05, 3.63) is 11.8 Å². The van der Waals surface area contributed by atoms with Gasteiger partial charge in [0.1, 0.15) is 5.56 Å². The van der Waals surface area contributed by atoms with Crippen LogP contribution in [-0.2, 0) is 11.8 Å². The molecule has 10 heteroatoms. The lowest BCUT2D eigenvalue weighted by Crippen LogP contribution is -2.51. The molecule has 2 aliphatic rings. The zero-order valence-electron chi connectivity index (χ0n) is 14.3. The lowest BCUT2D eigenvalue weighted by atomic mass is 10.2. The highest BCUT2D eigenvalue weighted by atomic mass is 19.1. The molecule has 9 nitrogen and oxygen atoms in total. The van der Waals surface area contributed by atoms with Crippen LogP contribution in [0.5, 0.6) is 5.88 Å². The van der Waals surface area contributed by atoms with Crippen LogP contribution in [0.25, 0.3) is 0 Å². The number of amides is 2. The van der Waals surface area contributed by atoms with Crippen LogP contribution < -0.4 is 4.74 Å². The van der Waals surface area contributed by atoms with Crippen LogP contribution in [0.1, 0.15) is 17.3 Å². The average Bonchev–Trinajstić information content (AvgIpc) is 2.99. The third-order valence-corrected chi connectivity index (χ3v) is 4.14. The molecule has 1 fully saturated rings. The fourth-order valence-electron chi connectivity index (χ4n) is 2.76. The number of methoxy groups -OCH3 is 1. The predicted molar refractivity (Wildman–Crippen MR) is 87.7 cm³/mol. The first-order chi connectivity index (χ1) is 11.9. The molecule has 0 aromatic carbocycles. The van der Waals surface area contributed by atoms with Crippen molar-refractivity contribution in [3.8, 4) is 5.88 Å². The molecule has 1 aromatic rings. The quantitative estimate of drug-likeness (QED) is 0.742. The summed E-state index contributed by atoms with van der Waals surface area (Å²) in [5.74, 6) is -0.510. The van der Waals surface area contributed by atoms with Crippen LogP contribution in [-0.4, -0.2) is 82.5 Å². The Balaban J connectivity index is 1.67. The summed E-state index contributed by atoms with van der Waals surface area (Å²) in [6.45, 7) is 3.23. The van der Waals surface area contributed by atoms with E-state index < -0.39 is 12.1 Å². The van der Waals surface area contributed by atoms with Gasteiger partial charge < -0.3 is 14.5 Å². The van der Waals surface area contributed by atoms with E-state index in [4.69, 9.17) is 4.74 Å². The highest BCUT2D eigenvalue weighted by Crippen LogP contribution is 2.19. The number of aliphatic imine (C=N–C) groups is 2. The van der Waals surface area contributed by atoms with Crippen molar-refractivity contribution in [1.29, 1.82) is 0 Å². The van der Waals surface area contributed by atoms with Crippen LogP contribution in [0.3, 0.4) is 0 Å². The molecule has 134 valence electrons.